The van der Waals surface area contributed by atoms with Gasteiger partial charge >= 0.3 is 0 Å². The van der Waals surface area contributed by atoms with Crippen LogP contribution < -0.4 is 0 Å². The quantitative estimate of drug-likeness (QED) is 0.282. The third kappa shape index (κ3) is 8.99. The Balaban J connectivity index is 2.24. The van der Waals surface area contributed by atoms with Crippen molar-refractivity contribution >= 4 is 0 Å². The molecule has 0 aromatic heterocycles. The highest BCUT2D eigenvalue weighted by Gasteiger charge is 2.24. The van der Waals surface area contributed by atoms with E-state index in [4.69, 9.17) is 0 Å². The zero-order chi connectivity index (χ0) is 17.5. The standard InChI is InChI=1S/C22H44N2/c1-4-7-9-11-13-15-17-22-23(18-6-3)20-21-24(22)19-16-14-12-10-8-5-2/h20-22H,4-19H2,1-3H3. The molecule has 24 heavy (non-hydrogen) atoms. The molecule has 1 rings (SSSR count). The van der Waals surface area contributed by atoms with Crippen LogP contribution in [0.3, 0.4) is 0 Å². The number of nitrogens with zero attached hydrogens (tertiary/aromatic N) is 2. The van der Waals surface area contributed by atoms with Crippen LogP contribution >= 0.6 is 0 Å². The average Bonchev–Trinajstić information content (AvgIpc) is 2.96. The Morgan fingerprint density at radius 1 is 0.542 bits per heavy atom. The van der Waals surface area contributed by atoms with Crippen molar-refractivity contribution in [3.63, 3.8) is 0 Å². The van der Waals surface area contributed by atoms with Gasteiger partial charge in [-0.05, 0) is 25.7 Å². The molecule has 142 valence electrons. The van der Waals surface area contributed by atoms with Crippen LogP contribution in [0.1, 0.15) is 111 Å². The Labute approximate surface area is 152 Å². The first-order chi connectivity index (χ1) is 11.8. The van der Waals surface area contributed by atoms with Gasteiger partial charge in [-0.2, -0.15) is 0 Å². The molecule has 0 amide bonds. The maximum atomic E-state index is 2.63. The molecule has 0 aromatic rings. The summed E-state index contributed by atoms with van der Waals surface area (Å²) >= 11 is 0. The van der Waals surface area contributed by atoms with Gasteiger partial charge in [0.2, 0.25) is 0 Å². The molecule has 2 nitrogen and oxygen atoms in total. The molecule has 1 aliphatic rings. The molecule has 0 bridgehead atoms. The molecule has 0 fully saturated rings. The minimum atomic E-state index is 0.645. The summed E-state index contributed by atoms with van der Waals surface area (Å²) in [5, 5.41) is 0. The molecular weight excluding hydrogens is 292 g/mol. The van der Waals surface area contributed by atoms with Gasteiger partial charge in [-0.15, -0.1) is 0 Å². The normalized spacial score (nSPS) is 17.2. The van der Waals surface area contributed by atoms with Gasteiger partial charge in [-0.25, -0.2) is 0 Å². The van der Waals surface area contributed by atoms with E-state index in [9.17, 15) is 0 Å². The molecule has 1 heterocycles. The predicted octanol–water partition coefficient (Wildman–Crippen LogP) is 6.92. The smallest absolute Gasteiger partial charge is 0.101 e. The van der Waals surface area contributed by atoms with Crippen molar-refractivity contribution in [2.75, 3.05) is 13.1 Å². The van der Waals surface area contributed by atoms with Crippen molar-refractivity contribution in [3.05, 3.63) is 12.4 Å². The largest absolute Gasteiger partial charge is 0.356 e. The second kappa shape index (κ2) is 14.7. The molecule has 1 atom stereocenters. The van der Waals surface area contributed by atoms with Gasteiger partial charge in [-0.1, -0.05) is 85.0 Å². The summed E-state index contributed by atoms with van der Waals surface area (Å²) in [5.74, 6) is 0. The second-order valence-electron chi connectivity index (χ2n) is 7.58. The fourth-order valence-corrected chi connectivity index (χ4v) is 3.78. The molecule has 0 saturated heterocycles. The molecule has 0 aromatic carbocycles. The summed E-state index contributed by atoms with van der Waals surface area (Å²) in [7, 11) is 0. The van der Waals surface area contributed by atoms with E-state index in [1.165, 1.54) is 103 Å². The van der Waals surface area contributed by atoms with Crippen molar-refractivity contribution in [1.29, 1.82) is 0 Å². The van der Waals surface area contributed by atoms with Gasteiger partial charge < -0.3 is 9.80 Å². The van der Waals surface area contributed by atoms with E-state index < -0.39 is 0 Å². The maximum Gasteiger partial charge on any atom is 0.101 e. The summed E-state index contributed by atoms with van der Waals surface area (Å²) in [4.78, 5) is 5.21. The van der Waals surface area contributed by atoms with Crippen molar-refractivity contribution in [2.45, 2.75) is 117 Å². The molecular formula is C22H44N2. The minimum absolute atomic E-state index is 0.645. The highest BCUT2D eigenvalue weighted by Crippen LogP contribution is 2.23. The summed E-state index contributed by atoms with van der Waals surface area (Å²) in [6.07, 6.45) is 24.8. The third-order valence-electron chi connectivity index (χ3n) is 5.28. The zero-order valence-electron chi connectivity index (χ0n) is 16.9. The van der Waals surface area contributed by atoms with Gasteiger partial charge in [0.15, 0.2) is 0 Å². The van der Waals surface area contributed by atoms with Gasteiger partial charge in [0, 0.05) is 25.5 Å². The molecule has 0 N–H and O–H groups in total. The number of rotatable bonds is 16. The number of hydrogen-bond donors (Lipinski definition) is 0. The van der Waals surface area contributed by atoms with Crippen molar-refractivity contribution < 1.29 is 0 Å². The maximum absolute atomic E-state index is 2.63. The summed E-state index contributed by atoms with van der Waals surface area (Å²) in [6.45, 7) is 9.36. The van der Waals surface area contributed by atoms with E-state index in [1.807, 2.05) is 0 Å². The third-order valence-corrected chi connectivity index (χ3v) is 5.28. The molecule has 1 aliphatic heterocycles. The lowest BCUT2D eigenvalue weighted by Crippen LogP contribution is -2.39. The van der Waals surface area contributed by atoms with Gasteiger partial charge in [0.25, 0.3) is 0 Å². The second-order valence-corrected chi connectivity index (χ2v) is 7.58. The molecule has 0 aliphatic carbocycles. The van der Waals surface area contributed by atoms with E-state index in [0.29, 0.717) is 6.17 Å². The highest BCUT2D eigenvalue weighted by molar-refractivity contribution is 4.96. The Bertz CT molecular complexity index is 300. The Morgan fingerprint density at radius 2 is 1.04 bits per heavy atom. The molecule has 0 saturated carbocycles. The average molecular weight is 337 g/mol. The molecule has 1 unspecified atom stereocenters. The van der Waals surface area contributed by atoms with Crippen LogP contribution in [0.15, 0.2) is 12.4 Å². The first-order valence-electron chi connectivity index (χ1n) is 11.0. The van der Waals surface area contributed by atoms with Crippen LogP contribution in [0, 0.1) is 0 Å². The summed E-state index contributed by atoms with van der Waals surface area (Å²) in [6, 6.07) is 0. The Morgan fingerprint density at radius 3 is 1.62 bits per heavy atom. The molecule has 0 radical (unpaired) electrons. The van der Waals surface area contributed by atoms with Crippen molar-refractivity contribution in [2.24, 2.45) is 0 Å². The van der Waals surface area contributed by atoms with Gasteiger partial charge in [0.1, 0.15) is 6.17 Å². The van der Waals surface area contributed by atoms with E-state index >= 15 is 0 Å². The van der Waals surface area contributed by atoms with E-state index in [0.717, 1.165) is 0 Å². The first-order valence-corrected chi connectivity index (χ1v) is 11.0. The summed E-state index contributed by atoms with van der Waals surface area (Å²) < 4.78 is 0. The first kappa shape index (κ1) is 21.4. The molecule has 2 heteroatoms. The zero-order valence-corrected chi connectivity index (χ0v) is 16.9. The number of unbranched alkanes of at least 4 members (excludes halogenated alkanes) is 10. The fourth-order valence-electron chi connectivity index (χ4n) is 3.78. The Hall–Kier alpha value is -0.660. The fraction of sp³-hybridized carbons (Fsp3) is 0.909. The molecule has 0 spiro atoms. The van der Waals surface area contributed by atoms with E-state index in [-0.39, 0.29) is 0 Å². The lowest BCUT2D eigenvalue weighted by molar-refractivity contribution is 0.137. The van der Waals surface area contributed by atoms with Crippen molar-refractivity contribution in [3.8, 4) is 0 Å². The van der Waals surface area contributed by atoms with Crippen LogP contribution in [0.25, 0.3) is 0 Å². The Kier molecular flexibility index (Phi) is 13.1. The van der Waals surface area contributed by atoms with Gasteiger partial charge in [-0.3, -0.25) is 0 Å². The monoisotopic (exact) mass is 336 g/mol. The van der Waals surface area contributed by atoms with Crippen LogP contribution in [0.2, 0.25) is 0 Å². The van der Waals surface area contributed by atoms with Crippen LogP contribution in [-0.4, -0.2) is 29.1 Å². The van der Waals surface area contributed by atoms with Crippen LogP contribution in [-0.2, 0) is 0 Å². The van der Waals surface area contributed by atoms with Crippen LogP contribution in [0.4, 0.5) is 0 Å². The SMILES string of the molecule is CCCCCCCCC1N(CCC)C=CN1CCCCCCCC. The highest BCUT2D eigenvalue weighted by atomic mass is 15.4. The number of hydrogen-bond acceptors (Lipinski definition) is 2. The predicted molar refractivity (Wildman–Crippen MR) is 108 cm³/mol. The lowest BCUT2D eigenvalue weighted by Gasteiger charge is -2.33. The van der Waals surface area contributed by atoms with Crippen molar-refractivity contribution in [1.82, 2.24) is 9.80 Å². The van der Waals surface area contributed by atoms with E-state index in [1.54, 1.807) is 0 Å². The minimum Gasteiger partial charge on any atom is -0.356 e. The summed E-state index contributed by atoms with van der Waals surface area (Å²) in [5.41, 5.74) is 0. The van der Waals surface area contributed by atoms with Gasteiger partial charge in [0.05, 0.1) is 0 Å². The van der Waals surface area contributed by atoms with E-state index in [2.05, 4.69) is 43.0 Å². The van der Waals surface area contributed by atoms with Crippen LogP contribution in [0.5, 0.6) is 0 Å². The topological polar surface area (TPSA) is 6.48 Å². The lowest BCUT2D eigenvalue weighted by atomic mass is 10.1.